The fraction of sp³-hybridized carbons (Fsp3) is 0.667. The van der Waals surface area contributed by atoms with E-state index < -0.39 is 14.8 Å². The number of sulfone groups is 1. The van der Waals surface area contributed by atoms with Gasteiger partial charge in [0, 0.05) is 24.9 Å². The lowest BCUT2D eigenvalue weighted by molar-refractivity contribution is -0.384. The monoisotopic (exact) mass is 383 g/mol. The minimum Gasteiger partial charge on any atom is -0.378 e. The standard InChI is InChI=1S/C18H29N3O4S/c1-14(2)18(20-10-6-4-5-7-11-20)13-19-16-9-8-15(26(3,24)25)12-17(16)21(22)23/h8-9,12,14,18-19H,4-7,10-11,13H2,1-3H3. The predicted molar refractivity (Wildman–Crippen MR) is 103 cm³/mol. The lowest BCUT2D eigenvalue weighted by Crippen LogP contribution is -2.44. The van der Waals surface area contributed by atoms with E-state index >= 15 is 0 Å². The van der Waals surface area contributed by atoms with Crippen LogP contribution < -0.4 is 5.32 Å². The molecule has 0 saturated carbocycles. The first-order valence-electron chi connectivity index (χ1n) is 9.16. The van der Waals surface area contributed by atoms with Crippen LogP contribution in [0.25, 0.3) is 0 Å². The predicted octanol–water partition coefficient (Wildman–Crippen LogP) is 3.31. The van der Waals surface area contributed by atoms with E-state index in [1.54, 1.807) is 0 Å². The highest BCUT2D eigenvalue weighted by atomic mass is 32.2. The van der Waals surface area contributed by atoms with E-state index in [1.165, 1.54) is 37.8 Å². The average molecular weight is 384 g/mol. The van der Waals surface area contributed by atoms with Crippen LogP contribution in [0.2, 0.25) is 0 Å². The molecule has 0 amide bonds. The molecule has 1 N–H and O–H groups in total. The van der Waals surface area contributed by atoms with E-state index in [2.05, 4.69) is 24.1 Å². The molecule has 0 bridgehead atoms. The molecule has 0 aromatic heterocycles. The van der Waals surface area contributed by atoms with Crippen molar-refractivity contribution in [3.8, 4) is 0 Å². The van der Waals surface area contributed by atoms with Gasteiger partial charge in [-0.1, -0.05) is 26.7 Å². The van der Waals surface area contributed by atoms with Gasteiger partial charge in [0.05, 0.1) is 9.82 Å². The van der Waals surface area contributed by atoms with Gasteiger partial charge in [-0.15, -0.1) is 0 Å². The topological polar surface area (TPSA) is 92.5 Å². The van der Waals surface area contributed by atoms with E-state index in [4.69, 9.17) is 0 Å². The number of benzene rings is 1. The second-order valence-electron chi connectivity index (χ2n) is 7.35. The van der Waals surface area contributed by atoms with Crippen LogP contribution in [0.3, 0.4) is 0 Å². The molecule has 146 valence electrons. The number of nitrogens with one attached hydrogen (secondary N) is 1. The van der Waals surface area contributed by atoms with Gasteiger partial charge in [0.25, 0.3) is 5.69 Å². The van der Waals surface area contributed by atoms with Crippen LogP contribution in [-0.2, 0) is 9.84 Å². The fourth-order valence-electron chi connectivity index (χ4n) is 3.47. The smallest absolute Gasteiger partial charge is 0.293 e. The van der Waals surface area contributed by atoms with E-state index in [1.807, 2.05) is 0 Å². The Morgan fingerprint density at radius 3 is 2.31 bits per heavy atom. The molecule has 1 aromatic carbocycles. The number of hydrogen-bond donors (Lipinski definition) is 1. The highest BCUT2D eigenvalue weighted by Gasteiger charge is 2.24. The lowest BCUT2D eigenvalue weighted by Gasteiger charge is -2.34. The van der Waals surface area contributed by atoms with Crippen LogP contribution in [0.15, 0.2) is 23.1 Å². The molecule has 7 nitrogen and oxygen atoms in total. The maximum Gasteiger partial charge on any atom is 0.293 e. The normalized spacial score (nSPS) is 17.7. The molecular formula is C18H29N3O4S. The maximum atomic E-state index is 11.7. The summed E-state index contributed by atoms with van der Waals surface area (Å²) in [5.74, 6) is 0.412. The number of anilines is 1. The molecule has 0 radical (unpaired) electrons. The van der Waals surface area contributed by atoms with Gasteiger partial charge in [-0.25, -0.2) is 8.42 Å². The molecule has 1 heterocycles. The summed E-state index contributed by atoms with van der Waals surface area (Å²) in [7, 11) is -3.48. The largest absolute Gasteiger partial charge is 0.378 e. The van der Waals surface area contributed by atoms with Crippen LogP contribution in [-0.4, -0.2) is 50.2 Å². The Bertz CT molecular complexity index is 726. The van der Waals surface area contributed by atoms with E-state index in [0.29, 0.717) is 18.2 Å². The van der Waals surface area contributed by atoms with Crippen LogP contribution >= 0.6 is 0 Å². The Labute approximate surface area is 155 Å². The second-order valence-corrected chi connectivity index (χ2v) is 9.37. The lowest BCUT2D eigenvalue weighted by atomic mass is 10.0. The SMILES string of the molecule is CC(C)C(CNc1ccc(S(C)(=O)=O)cc1[N+](=O)[O-])N1CCCCCC1. The summed E-state index contributed by atoms with van der Waals surface area (Å²) in [5.41, 5.74) is 0.161. The Hall–Kier alpha value is -1.67. The quantitative estimate of drug-likeness (QED) is 0.573. The minimum absolute atomic E-state index is 0.0392. The van der Waals surface area contributed by atoms with Crippen molar-refractivity contribution in [3.05, 3.63) is 28.3 Å². The van der Waals surface area contributed by atoms with Crippen molar-refractivity contribution in [2.24, 2.45) is 5.92 Å². The summed E-state index contributed by atoms with van der Waals surface area (Å²) in [4.78, 5) is 13.3. The third-order valence-electron chi connectivity index (χ3n) is 4.97. The van der Waals surface area contributed by atoms with Crippen molar-refractivity contribution < 1.29 is 13.3 Å². The third-order valence-corrected chi connectivity index (χ3v) is 6.09. The minimum atomic E-state index is -3.48. The van der Waals surface area contributed by atoms with Gasteiger partial charge in [-0.05, 0) is 44.0 Å². The van der Waals surface area contributed by atoms with Gasteiger partial charge in [0.1, 0.15) is 5.69 Å². The molecule has 1 aliphatic rings. The number of likely N-dealkylation sites (tertiary alicyclic amines) is 1. The van der Waals surface area contributed by atoms with Crippen LogP contribution in [0, 0.1) is 16.0 Å². The van der Waals surface area contributed by atoms with Crippen molar-refractivity contribution in [2.45, 2.75) is 50.5 Å². The summed E-state index contributed by atoms with van der Waals surface area (Å²) in [6, 6.07) is 4.32. The van der Waals surface area contributed by atoms with Gasteiger partial charge in [-0.2, -0.15) is 0 Å². The van der Waals surface area contributed by atoms with Gasteiger partial charge >= 0.3 is 0 Å². The second kappa shape index (κ2) is 8.81. The molecule has 1 aromatic rings. The fourth-order valence-corrected chi connectivity index (χ4v) is 4.11. The first kappa shape index (κ1) is 20.6. The zero-order valence-electron chi connectivity index (χ0n) is 15.8. The molecule has 1 atom stereocenters. The number of rotatable bonds is 7. The highest BCUT2D eigenvalue weighted by molar-refractivity contribution is 7.90. The van der Waals surface area contributed by atoms with Gasteiger partial charge in [0.15, 0.2) is 9.84 Å². The Balaban J connectivity index is 2.19. The van der Waals surface area contributed by atoms with Crippen molar-refractivity contribution in [3.63, 3.8) is 0 Å². The molecule has 1 unspecified atom stereocenters. The third kappa shape index (κ3) is 5.41. The zero-order valence-corrected chi connectivity index (χ0v) is 16.6. The van der Waals surface area contributed by atoms with Crippen molar-refractivity contribution in [2.75, 3.05) is 31.2 Å². The first-order chi connectivity index (χ1) is 12.2. The molecular weight excluding hydrogens is 354 g/mol. The number of hydrogen-bond acceptors (Lipinski definition) is 6. The van der Waals surface area contributed by atoms with Crippen LogP contribution in [0.5, 0.6) is 0 Å². The molecule has 26 heavy (non-hydrogen) atoms. The summed E-state index contributed by atoms with van der Waals surface area (Å²) in [6.07, 6.45) is 5.94. The molecule has 1 aliphatic heterocycles. The Morgan fingerprint density at radius 1 is 1.19 bits per heavy atom. The molecule has 0 spiro atoms. The van der Waals surface area contributed by atoms with Gasteiger partial charge in [0.2, 0.25) is 0 Å². The zero-order chi connectivity index (χ0) is 19.3. The summed E-state index contributed by atoms with van der Waals surface area (Å²) in [5, 5.41) is 14.6. The summed E-state index contributed by atoms with van der Waals surface area (Å²) >= 11 is 0. The number of nitro benzene ring substituents is 1. The van der Waals surface area contributed by atoms with Gasteiger partial charge in [-0.3, -0.25) is 15.0 Å². The summed E-state index contributed by atoms with van der Waals surface area (Å²) in [6.45, 7) is 7.03. The summed E-state index contributed by atoms with van der Waals surface area (Å²) < 4.78 is 23.3. The molecule has 0 aliphatic carbocycles. The van der Waals surface area contributed by atoms with Crippen LogP contribution in [0.1, 0.15) is 39.5 Å². The first-order valence-corrected chi connectivity index (χ1v) is 11.1. The van der Waals surface area contributed by atoms with Gasteiger partial charge < -0.3 is 5.32 Å². The van der Waals surface area contributed by atoms with E-state index in [-0.39, 0.29) is 16.6 Å². The highest BCUT2D eigenvalue weighted by Crippen LogP contribution is 2.28. The van der Waals surface area contributed by atoms with Crippen molar-refractivity contribution >= 4 is 21.2 Å². The van der Waals surface area contributed by atoms with Crippen LogP contribution in [0.4, 0.5) is 11.4 Å². The Morgan fingerprint density at radius 2 is 1.81 bits per heavy atom. The van der Waals surface area contributed by atoms with Crippen molar-refractivity contribution in [1.82, 2.24) is 4.90 Å². The molecule has 1 saturated heterocycles. The molecule has 8 heteroatoms. The Kier molecular flexibility index (Phi) is 7.00. The number of nitro groups is 1. The van der Waals surface area contributed by atoms with Crippen molar-refractivity contribution in [1.29, 1.82) is 0 Å². The number of nitrogens with zero attached hydrogens (tertiary/aromatic N) is 2. The maximum absolute atomic E-state index is 11.7. The average Bonchev–Trinajstić information content (AvgIpc) is 2.83. The molecule has 2 rings (SSSR count). The molecule has 1 fully saturated rings. The van der Waals surface area contributed by atoms with E-state index in [0.717, 1.165) is 25.4 Å². The van der Waals surface area contributed by atoms with E-state index in [9.17, 15) is 18.5 Å².